The van der Waals surface area contributed by atoms with E-state index in [4.69, 9.17) is 0 Å². The maximum absolute atomic E-state index is 12.7. The lowest BCUT2D eigenvalue weighted by Gasteiger charge is -2.26. The van der Waals surface area contributed by atoms with Gasteiger partial charge in [-0.1, -0.05) is 6.42 Å². The molecule has 1 aliphatic heterocycles. The van der Waals surface area contributed by atoms with Crippen LogP contribution >= 0.6 is 11.3 Å². The maximum Gasteiger partial charge on any atom is 0.254 e. The van der Waals surface area contributed by atoms with Crippen LogP contribution in [0.25, 0.3) is 0 Å². The first-order chi connectivity index (χ1) is 11.7. The Bertz CT molecular complexity index is 601. The van der Waals surface area contributed by atoms with E-state index in [0.29, 0.717) is 24.9 Å². The number of rotatable bonds is 3. The second-order valence-corrected chi connectivity index (χ2v) is 8.46. The van der Waals surface area contributed by atoms with Crippen LogP contribution in [0.5, 0.6) is 0 Å². The van der Waals surface area contributed by atoms with Gasteiger partial charge in [0, 0.05) is 38.0 Å². The third kappa shape index (κ3) is 3.23. The highest BCUT2D eigenvalue weighted by Crippen LogP contribution is 2.49. The van der Waals surface area contributed by atoms with Gasteiger partial charge in [0.05, 0.1) is 5.56 Å². The van der Waals surface area contributed by atoms with Gasteiger partial charge in [-0.05, 0) is 54.9 Å². The van der Waals surface area contributed by atoms with Crippen LogP contribution in [0.3, 0.4) is 0 Å². The lowest BCUT2D eigenvalue weighted by Crippen LogP contribution is -2.38. The van der Waals surface area contributed by atoms with Gasteiger partial charge >= 0.3 is 0 Å². The zero-order chi connectivity index (χ0) is 16.5. The topological polar surface area (TPSA) is 40.6 Å². The molecule has 2 saturated carbocycles. The van der Waals surface area contributed by atoms with Crippen LogP contribution < -0.4 is 0 Å². The molecule has 2 aliphatic carbocycles. The molecule has 0 spiro atoms. The molecule has 4 rings (SSSR count). The number of hydrogen-bond acceptors (Lipinski definition) is 3. The SMILES string of the molecule is O=C(C[C@H]1C[C@H]2CC[C@H]1C2)N1CCCN(C(=O)c2ccsc2)CC1. The van der Waals surface area contributed by atoms with E-state index in [2.05, 4.69) is 0 Å². The second-order valence-electron chi connectivity index (χ2n) is 7.68. The van der Waals surface area contributed by atoms with Gasteiger partial charge in [0.25, 0.3) is 5.91 Å². The zero-order valence-electron chi connectivity index (χ0n) is 14.2. The average Bonchev–Trinajstić information content (AvgIpc) is 3.29. The molecule has 0 aromatic carbocycles. The van der Waals surface area contributed by atoms with Crippen LogP contribution in [0.15, 0.2) is 16.8 Å². The number of carbonyl (C=O) groups is 2. The predicted molar refractivity (Wildman–Crippen MR) is 95.0 cm³/mol. The number of thiophene rings is 1. The average molecular weight is 346 g/mol. The lowest BCUT2D eigenvalue weighted by molar-refractivity contribution is -0.132. The van der Waals surface area contributed by atoms with Gasteiger partial charge < -0.3 is 9.80 Å². The summed E-state index contributed by atoms with van der Waals surface area (Å²) in [5.41, 5.74) is 0.779. The first-order valence-electron chi connectivity index (χ1n) is 9.30. The predicted octanol–water partition coefficient (Wildman–Crippen LogP) is 3.25. The number of fused-ring (bicyclic) bond motifs is 2. The first-order valence-corrected chi connectivity index (χ1v) is 10.2. The molecule has 3 aliphatic rings. The molecule has 1 saturated heterocycles. The molecule has 0 radical (unpaired) electrons. The third-order valence-electron chi connectivity index (χ3n) is 6.23. The van der Waals surface area contributed by atoms with Crippen LogP contribution in [0.1, 0.15) is 48.9 Å². The Morgan fingerprint density at radius 1 is 1.08 bits per heavy atom. The Labute approximate surface area is 147 Å². The Balaban J connectivity index is 1.31. The number of amides is 2. The van der Waals surface area contributed by atoms with Gasteiger partial charge in [0.2, 0.25) is 5.91 Å². The van der Waals surface area contributed by atoms with Gasteiger partial charge in [-0.15, -0.1) is 0 Å². The molecule has 1 aromatic heterocycles. The highest BCUT2D eigenvalue weighted by atomic mass is 32.1. The number of hydrogen-bond donors (Lipinski definition) is 0. The van der Waals surface area contributed by atoms with E-state index in [-0.39, 0.29) is 5.91 Å². The van der Waals surface area contributed by atoms with Crippen molar-refractivity contribution in [3.05, 3.63) is 22.4 Å². The fraction of sp³-hybridized carbons (Fsp3) is 0.684. The quantitative estimate of drug-likeness (QED) is 0.843. The van der Waals surface area contributed by atoms with Gasteiger partial charge in [0.15, 0.2) is 0 Å². The molecule has 0 unspecified atom stereocenters. The standard InChI is InChI=1S/C19H26N2O2S/c22-18(12-17-11-14-2-3-15(17)10-14)20-5-1-6-21(8-7-20)19(23)16-4-9-24-13-16/h4,9,13-15,17H,1-3,5-8,10-12H2/t14-,15-,17+/m0/s1. The molecule has 2 amide bonds. The van der Waals surface area contributed by atoms with Crippen molar-refractivity contribution in [2.45, 2.75) is 38.5 Å². The normalized spacial score (nSPS) is 29.8. The fourth-order valence-corrected chi connectivity index (χ4v) is 5.55. The number of nitrogens with zero attached hydrogens (tertiary/aromatic N) is 2. The number of carbonyl (C=O) groups excluding carboxylic acids is 2. The van der Waals surface area contributed by atoms with Crippen molar-refractivity contribution >= 4 is 23.2 Å². The van der Waals surface area contributed by atoms with E-state index < -0.39 is 0 Å². The summed E-state index contributed by atoms with van der Waals surface area (Å²) >= 11 is 1.55. The van der Waals surface area contributed by atoms with E-state index in [1.807, 2.05) is 26.6 Å². The van der Waals surface area contributed by atoms with Crippen LogP contribution in [0.4, 0.5) is 0 Å². The Morgan fingerprint density at radius 3 is 2.62 bits per heavy atom. The third-order valence-corrected chi connectivity index (χ3v) is 6.91. The van der Waals surface area contributed by atoms with E-state index in [9.17, 15) is 9.59 Å². The summed E-state index contributed by atoms with van der Waals surface area (Å²) in [6.45, 7) is 2.91. The van der Waals surface area contributed by atoms with Gasteiger partial charge in [-0.25, -0.2) is 0 Å². The summed E-state index contributed by atoms with van der Waals surface area (Å²) in [4.78, 5) is 29.1. The fourth-order valence-electron chi connectivity index (χ4n) is 4.92. The van der Waals surface area contributed by atoms with Crippen molar-refractivity contribution in [1.29, 1.82) is 0 Å². The molecule has 3 fully saturated rings. The van der Waals surface area contributed by atoms with Gasteiger partial charge in [0.1, 0.15) is 0 Å². The smallest absolute Gasteiger partial charge is 0.254 e. The second kappa shape index (κ2) is 6.87. The highest BCUT2D eigenvalue weighted by Gasteiger charge is 2.40. The Hall–Kier alpha value is -1.36. The Kier molecular flexibility index (Phi) is 4.61. The van der Waals surface area contributed by atoms with E-state index >= 15 is 0 Å². The monoisotopic (exact) mass is 346 g/mol. The minimum atomic E-state index is 0.110. The zero-order valence-corrected chi connectivity index (χ0v) is 15.0. The summed E-state index contributed by atoms with van der Waals surface area (Å²) in [6, 6.07) is 1.88. The summed E-state index contributed by atoms with van der Waals surface area (Å²) < 4.78 is 0. The molecule has 24 heavy (non-hydrogen) atoms. The molecule has 130 valence electrons. The molecule has 2 heterocycles. The van der Waals surface area contributed by atoms with Crippen molar-refractivity contribution < 1.29 is 9.59 Å². The summed E-state index contributed by atoms with van der Waals surface area (Å²) in [5.74, 6) is 2.76. The maximum atomic E-state index is 12.7. The largest absolute Gasteiger partial charge is 0.341 e. The molecule has 5 heteroatoms. The molecular formula is C19H26N2O2S. The van der Waals surface area contributed by atoms with Crippen LogP contribution in [0, 0.1) is 17.8 Å². The summed E-state index contributed by atoms with van der Waals surface area (Å²) in [5, 5.41) is 3.85. The molecule has 3 atom stereocenters. The van der Waals surface area contributed by atoms with Crippen LogP contribution in [0.2, 0.25) is 0 Å². The van der Waals surface area contributed by atoms with Crippen molar-refractivity contribution in [2.24, 2.45) is 17.8 Å². The summed E-state index contributed by atoms with van der Waals surface area (Å²) in [6.07, 6.45) is 6.98. The van der Waals surface area contributed by atoms with Crippen molar-refractivity contribution in [3.63, 3.8) is 0 Å². The lowest BCUT2D eigenvalue weighted by atomic mass is 9.86. The van der Waals surface area contributed by atoms with E-state index in [0.717, 1.165) is 43.3 Å². The minimum absolute atomic E-state index is 0.110. The molecule has 1 aromatic rings. The molecular weight excluding hydrogens is 320 g/mol. The molecule has 2 bridgehead atoms. The van der Waals surface area contributed by atoms with Crippen molar-refractivity contribution in [3.8, 4) is 0 Å². The molecule has 4 nitrogen and oxygen atoms in total. The molecule has 0 N–H and O–H groups in total. The first kappa shape index (κ1) is 16.1. The van der Waals surface area contributed by atoms with Gasteiger partial charge in [-0.3, -0.25) is 9.59 Å². The van der Waals surface area contributed by atoms with Crippen molar-refractivity contribution in [2.75, 3.05) is 26.2 Å². The van der Waals surface area contributed by atoms with Gasteiger partial charge in [-0.2, -0.15) is 11.3 Å². The van der Waals surface area contributed by atoms with E-state index in [1.54, 1.807) is 11.3 Å². The van der Waals surface area contributed by atoms with Crippen molar-refractivity contribution in [1.82, 2.24) is 9.80 Å². The van der Waals surface area contributed by atoms with Crippen LogP contribution in [-0.4, -0.2) is 47.8 Å². The van der Waals surface area contributed by atoms with Crippen LogP contribution in [-0.2, 0) is 4.79 Å². The minimum Gasteiger partial charge on any atom is -0.341 e. The Morgan fingerprint density at radius 2 is 1.92 bits per heavy atom. The highest BCUT2D eigenvalue weighted by molar-refractivity contribution is 7.08. The summed E-state index contributed by atoms with van der Waals surface area (Å²) in [7, 11) is 0. The van der Waals surface area contributed by atoms with E-state index in [1.165, 1.54) is 25.7 Å².